The second-order valence-electron chi connectivity index (χ2n) is 10.1. The molecular formula is C31H35N3O5. The Bertz CT molecular complexity index is 1300. The van der Waals surface area contributed by atoms with Gasteiger partial charge < -0.3 is 25.0 Å². The van der Waals surface area contributed by atoms with Gasteiger partial charge >= 0.3 is 0 Å². The molecule has 1 saturated carbocycles. The largest absolute Gasteiger partial charge is 0.490 e. The van der Waals surface area contributed by atoms with Crippen molar-refractivity contribution in [2.24, 2.45) is 5.92 Å². The number of amides is 3. The van der Waals surface area contributed by atoms with Gasteiger partial charge in [0.15, 0.2) is 0 Å². The highest BCUT2D eigenvalue weighted by atomic mass is 16.5. The SMILES string of the molecule is O=C(NCCNC(=O)c1ccc2ccccc2c1)c1ccc(O[C@H]2CC[C@@H](C(=O)N3CCOCC3)CC2)cc1. The zero-order valence-corrected chi connectivity index (χ0v) is 22.1. The van der Waals surface area contributed by atoms with Gasteiger partial charge in [0.05, 0.1) is 19.3 Å². The second-order valence-corrected chi connectivity index (χ2v) is 10.1. The lowest BCUT2D eigenvalue weighted by molar-refractivity contribution is -0.141. The van der Waals surface area contributed by atoms with E-state index in [1.165, 1.54) is 0 Å². The summed E-state index contributed by atoms with van der Waals surface area (Å²) in [4.78, 5) is 39.7. The Balaban J connectivity index is 1.02. The number of rotatable bonds is 8. The number of nitrogens with one attached hydrogen (secondary N) is 2. The number of ether oxygens (including phenoxy) is 2. The summed E-state index contributed by atoms with van der Waals surface area (Å²) in [7, 11) is 0. The molecule has 5 rings (SSSR count). The van der Waals surface area contributed by atoms with Crippen LogP contribution in [-0.2, 0) is 9.53 Å². The van der Waals surface area contributed by atoms with Crippen molar-refractivity contribution in [2.45, 2.75) is 31.8 Å². The van der Waals surface area contributed by atoms with Gasteiger partial charge in [0.2, 0.25) is 5.91 Å². The molecule has 1 saturated heterocycles. The van der Waals surface area contributed by atoms with Crippen LogP contribution < -0.4 is 15.4 Å². The molecule has 2 N–H and O–H groups in total. The lowest BCUT2D eigenvalue weighted by Crippen LogP contribution is -2.45. The van der Waals surface area contributed by atoms with Crippen LogP contribution in [0.2, 0.25) is 0 Å². The molecule has 8 heteroatoms. The van der Waals surface area contributed by atoms with E-state index in [1.54, 1.807) is 30.3 Å². The minimum absolute atomic E-state index is 0.0737. The van der Waals surface area contributed by atoms with Crippen molar-refractivity contribution in [3.05, 3.63) is 77.9 Å². The van der Waals surface area contributed by atoms with Gasteiger partial charge in [-0.2, -0.15) is 0 Å². The predicted octanol–water partition coefficient (Wildman–Crippen LogP) is 3.80. The molecular weight excluding hydrogens is 494 g/mol. The summed E-state index contributed by atoms with van der Waals surface area (Å²) in [6, 6.07) is 20.6. The first-order valence-electron chi connectivity index (χ1n) is 13.8. The maximum atomic E-state index is 12.7. The average molecular weight is 530 g/mol. The van der Waals surface area contributed by atoms with Gasteiger partial charge in [-0.15, -0.1) is 0 Å². The van der Waals surface area contributed by atoms with Gasteiger partial charge in [-0.1, -0.05) is 30.3 Å². The third-order valence-electron chi connectivity index (χ3n) is 7.47. The molecule has 1 aliphatic carbocycles. The number of benzene rings is 3. The van der Waals surface area contributed by atoms with Gasteiger partial charge in [0.1, 0.15) is 5.75 Å². The number of hydrogen-bond acceptors (Lipinski definition) is 5. The van der Waals surface area contributed by atoms with Gasteiger partial charge in [-0.05, 0) is 72.9 Å². The molecule has 3 aromatic carbocycles. The Morgan fingerprint density at radius 3 is 2.08 bits per heavy atom. The van der Waals surface area contributed by atoms with Crippen LogP contribution in [0.1, 0.15) is 46.4 Å². The first-order chi connectivity index (χ1) is 19.1. The molecule has 39 heavy (non-hydrogen) atoms. The Morgan fingerprint density at radius 1 is 0.769 bits per heavy atom. The molecule has 204 valence electrons. The average Bonchev–Trinajstić information content (AvgIpc) is 2.99. The molecule has 0 bridgehead atoms. The number of morpholine rings is 1. The van der Waals surface area contributed by atoms with Crippen LogP contribution in [0.15, 0.2) is 66.7 Å². The van der Waals surface area contributed by atoms with E-state index in [2.05, 4.69) is 10.6 Å². The summed E-state index contributed by atoms with van der Waals surface area (Å²) in [5, 5.41) is 7.79. The molecule has 0 unspecified atom stereocenters. The van der Waals surface area contributed by atoms with Crippen LogP contribution in [0.4, 0.5) is 0 Å². The lowest BCUT2D eigenvalue weighted by atomic mass is 9.86. The highest BCUT2D eigenvalue weighted by Crippen LogP contribution is 2.29. The summed E-state index contributed by atoms with van der Waals surface area (Å²) < 4.78 is 11.5. The summed E-state index contributed by atoms with van der Waals surface area (Å²) in [6.07, 6.45) is 3.42. The monoisotopic (exact) mass is 529 g/mol. The quantitative estimate of drug-likeness (QED) is 0.433. The molecule has 1 aliphatic heterocycles. The molecule has 2 fully saturated rings. The summed E-state index contributed by atoms with van der Waals surface area (Å²) in [5.74, 6) is 0.670. The molecule has 0 spiro atoms. The third kappa shape index (κ3) is 6.95. The third-order valence-corrected chi connectivity index (χ3v) is 7.47. The van der Waals surface area contributed by atoms with Crippen LogP contribution in [0, 0.1) is 5.92 Å². The first kappa shape index (κ1) is 26.7. The number of hydrogen-bond donors (Lipinski definition) is 2. The van der Waals surface area contributed by atoms with Gasteiger partial charge in [-0.3, -0.25) is 14.4 Å². The van der Waals surface area contributed by atoms with Crippen LogP contribution in [0.25, 0.3) is 10.8 Å². The molecule has 1 heterocycles. The fraction of sp³-hybridized carbons (Fsp3) is 0.387. The van der Waals surface area contributed by atoms with Gasteiger partial charge in [0, 0.05) is 43.2 Å². The van der Waals surface area contributed by atoms with E-state index in [0.29, 0.717) is 50.5 Å². The molecule has 3 amide bonds. The normalized spacial score (nSPS) is 19.3. The van der Waals surface area contributed by atoms with Crippen LogP contribution in [-0.4, -0.2) is 68.1 Å². The van der Waals surface area contributed by atoms with Crippen molar-refractivity contribution >= 4 is 28.5 Å². The number of nitrogens with zero attached hydrogens (tertiary/aromatic N) is 1. The van der Waals surface area contributed by atoms with E-state index in [-0.39, 0.29) is 29.7 Å². The topological polar surface area (TPSA) is 97.0 Å². The number of carbonyl (C=O) groups is 3. The van der Waals surface area contributed by atoms with Crippen LogP contribution in [0.5, 0.6) is 5.75 Å². The number of fused-ring (bicyclic) bond motifs is 1. The zero-order valence-electron chi connectivity index (χ0n) is 22.1. The minimum atomic E-state index is -0.205. The second kappa shape index (κ2) is 12.8. The predicted molar refractivity (Wildman–Crippen MR) is 149 cm³/mol. The van der Waals surface area contributed by atoms with Crippen molar-refractivity contribution in [1.82, 2.24) is 15.5 Å². The molecule has 8 nitrogen and oxygen atoms in total. The Labute approximate surface area is 228 Å². The first-order valence-corrected chi connectivity index (χ1v) is 13.8. The molecule has 3 aromatic rings. The van der Waals surface area contributed by atoms with Crippen LogP contribution >= 0.6 is 0 Å². The maximum Gasteiger partial charge on any atom is 0.251 e. The van der Waals surface area contributed by atoms with E-state index >= 15 is 0 Å². The van der Waals surface area contributed by atoms with Crippen molar-refractivity contribution in [2.75, 3.05) is 39.4 Å². The van der Waals surface area contributed by atoms with Crippen molar-refractivity contribution in [3.8, 4) is 5.75 Å². The van der Waals surface area contributed by atoms with E-state index < -0.39 is 0 Å². The molecule has 2 aliphatic rings. The maximum absolute atomic E-state index is 12.7. The van der Waals surface area contributed by atoms with Crippen molar-refractivity contribution in [3.63, 3.8) is 0 Å². The fourth-order valence-corrected chi connectivity index (χ4v) is 5.23. The van der Waals surface area contributed by atoms with E-state index in [0.717, 1.165) is 42.2 Å². The van der Waals surface area contributed by atoms with Gasteiger partial charge in [0.25, 0.3) is 11.8 Å². The van der Waals surface area contributed by atoms with E-state index in [1.807, 2.05) is 41.3 Å². The lowest BCUT2D eigenvalue weighted by Gasteiger charge is -2.34. The van der Waals surface area contributed by atoms with Crippen LogP contribution in [0.3, 0.4) is 0 Å². The summed E-state index contributed by atoms with van der Waals surface area (Å²) in [6.45, 7) is 3.28. The Kier molecular flexibility index (Phi) is 8.73. The van der Waals surface area contributed by atoms with E-state index in [9.17, 15) is 14.4 Å². The summed E-state index contributed by atoms with van der Waals surface area (Å²) in [5.41, 5.74) is 1.12. The Hall–Kier alpha value is -3.91. The van der Waals surface area contributed by atoms with Crippen molar-refractivity contribution < 1.29 is 23.9 Å². The zero-order chi connectivity index (χ0) is 27.0. The van der Waals surface area contributed by atoms with Crippen molar-refractivity contribution in [1.29, 1.82) is 0 Å². The number of carbonyl (C=O) groups excluding carboxylic acids is 3. The fourth-order valence-electron chi connectivity index (χ4n) is 5.23. The highest BCUT2D eigenvalue weighted by molar-refractivity contribution is 5.98. The standard InChI is InChI=1S/C31H35N3O5/c35-29(32-15-16-33-30(36)26-6-5-22-3-1-2-4-25(22)21-26)23-7-11-27(12-8-23)39-28-13-9-24(10-14-28)31(37)34-17-19-38-20-18-34/h1-8,11-12,21,24,28H,9-10,13-20H2,(H,32,35)(H,33,36)/t24-,28+. The van der Waals surface area contributed by atoms with E-state index in [4.69, 9.17) is 9.47 Å². The minimum Gasteiger partial charge on any atom is -0.490 e. The molecule has 0 radical (unpaired) electrons. The summed E-state index contributed by atoms with van der Waals surface area (Å²) >= 11 is 0. The highest BCUT2D eigenvalue weighted by Gasteiger charge is 2.31. The smallest absolute Gasteiger partial charge is 0.251 e. The molecule has 0 atom stereocenters. The molecule has 0 aromatic heterocycles. The Morgan fingerprint density at radius 2 is 1.38 bits per heavy atom. The van der Waals surface area contributed by atoms with Gasteiger partial charge in [-0.25, -0.2) is 0 Å².